The number of nitrogens with one attached hydrogen (secondary N) is 2. The molecule has 0 heterocycles. The molecule has 2 rings (SSSR count). The van der Waals surface area contributed by atoms with Crippen molar-refractivity contribution in [3.63, 3.8) is 0 Å². The summed E-state index contributed by atoms with van der Waals surface area (Å²) in [7, 11) is 0. The Kier molecular flexibility index (Phi) is 8.81. The summed E-state index contributed by atoms with van der Waals surface area (Å²) in [5.41, 5.74) is 0.528. The van der Waals surface area contributed by atoms with Crippen molar-refractivity contribution in [2.24, 2.45) is 5.92 Å². The van der Waals surface area contributed by atoms with E-state index in [1.165, 1.54) is 6.92 Å². The van der Waals surface area contributed by atoms with E-state index < -0.39 is 35.4 Å². The van der Waals surface area contributed by atoms with Gasteiger partial charge in [-0.05, 0) is 49.2 Å². The molecule has 0 saturated carbocycles. The van der Waals surface area contributed by atoms with Crippen LogP contribution in [0.25, 0.3) is 0 Å². The number of imide groups is 1. The topological polar surface area (TPSA) is 78.5 Å². The first-order chi connectivity index (χ1) is 14.7. The third-order valence-electron chi connectivity index (χ3n) is 4.35. The molecule has 2 aromatic rings. The van der Waals surface area contributed by atoms with Crippen molar-refractivity contribution >= 4 is 23.4 Å². The van der Waals surface area contributed by atoms with Gasteiger partial charge in [0.1, 0.15) is 17.7 Å². The van der Waals surface area contributed by atoms with Crippen LogP contribution in [-0.2, 0) is 20.8 Å². The van der Waals surface area contributed by atoms with E-state index in [1.54, 1.807) is 30.3 Å². The van der Waals surface area contributed by atoms with Crippen LogP contribution in [0.2, 0.25) is 0 Å². The van der Waals surface area contributed by atoms with Crippen molar-refractivity contribution in [2.45, 2.75) is 33.2 Å². The number of carbonyl (C=O) groups excluding carboxylic acids is 3. The van der Waals surface area contributed by atoms with Gasteiger partial charge in [-0.1, -0.05) is 32.0 Å². The Labute approximate surface area is 180 Å². The lowest BCUT2D eigenvalue weighted by Gasteiger charge is -2.25. The third-order valence-corrected chi connectivity index (χ3v) is 4.35. The summed E-state index contributed by atoms with van der Waals surface area (Å²) in [4.78, 5) is 39.1. The van der Waals surface area contributed by atoms with Gasteiger partial charge in [0.25, 0.3) is 5.91 Å². The lowest BCUT2D eigenvalue weighted by molar-refractivity contribution is -0.130. The van der Waals surface area contributed by atoms with Gasteiger partial charge in [0.15, 0.2) is 0 Å². The molecule has 6 nitrogen and oxygen atoms in total. The molecule has 1 atom stereocenters. The Hall–Kier alpha value is -3.13. The Morgan fingerprint density at radius 3 is 2.16 bits per heavy atom. The number of halogens is 2. The molecule has 166 valence electrons. The summed E-state index contributed by atoms with van der Waals surface area (Å²) in [6.07, 6.45) is -0.304. The van der Waals surface area contributed by atoms with Gasteiger partial charge in [-0.2, -0.15) is 0 Å². The van der Waals surface area contributed by atoms with Crippen LogP contribution >= 0.6 is 0 Å². The highest BCUT2D eigenvalue weighted by molar-refractivity contribution is 6.17. The minimum Gasteiger partial charge on any atom is -0.344 e. The van der Waals surface area contributed by atoms with Crippen molar-refractivity contribution in [1.82, 2.24) is 10.6 Å². The highest BCUT2D eigenvalue weighted by Gasteiger charge is 2.28. The van der Waals surface area contributed by atoms with Crippen molar-refractivity contribution in [2.75, 3.05) is 18.0 Å². The highest BCUT2D eigenvalue weighted by atomic mass is 19.1. The minimum atomic E-state index is -1.03. The Balaban J connectivity index is 2.09. The van der Waals surface area contributed by atoms with E-state index in [4.69, 9.17) is 0 Å². The zero-order valence-electron chi connectivity index (χ0n) is 17.8. The fourth-order valence-corrected chi connectivity index (χ4v) is 2.96. The van der Waals surface area contributed by atoms with E-state index in [0.29, 0.717) is 24.2 Å². The molecule has 0 aromatic heterocycles. The average Bonchev–Trinajstić information content (AvgIpc) is 2.67. The van der Waals surface area contributed by atoms with Gasteiger partial charge in [0, 0.05) is 6.07 Å². The first-order valence-corrected chi connectivity index (χ1v) is 10.0. The Morgan fingerprint density at radius 2 is 1.58 bits per heavy atom. The number of hydrogen-bond donors (Lipinski definition) is 2. The van der Waals surface area contributed by atoms with Crippen LogP contribution in [0.5, 0.6) is 0 Å². The van der Waals surface area contributed by atoms with Crippen molar-refractivity contribution in [1.29, 1.82) is 0 Å². The molecule has 3 amide bonds. The first kappa shape index (κ1) is 24.1. The normalized spacial score (nSPS) is 11.8. The zero-order valence-corrected chi connectivity index (χ0v) is 17.8. The second kappa shape index (κ2) is 11.3. The SMILES string of the molecule is CC(C)CNCC(=O)N(C(=O)[C@H](C)NC(=O)Cc1cc(F)cc(F)c1)c1ccccc1. The monoisotopic (exact) mass is 431 g/mol. The third kappa shape index (κ3) is 7.57. The molecule has 0 aliphatic rings. The molecule has 0 fully saturated rings. The predicted molar refractivity (Wildman–Crippen MR) is 114 cm³/mol. The van der Waals surface area contributed by atoms with E-state index in [0.717, 1.165) is 17.0 Å². The van der Waals surface area contributed by atoms with Gasteiger partial charge in [-0.3, -0.25) is 14.4 Å². The van der Waals surface area contributed by atoms with Gasteiger partial charge < -0.3 is 10.6 Å². The molecule has 31 heavy (non-hydrogen) atoms. The van der Waals surface area contributed by atoms with Crippen LogP contribution in [-0.4, -0.2) is 36.9 Å². The standard InChI is InChI=1S/C23H27F2N3O3/c1-15(2)13-26-14-22(30)28(20-7-5-4-6-8-20)23(31)16(3)27-21(29)11-17-9-18(24)12-19(25)10-17/h4-10,12,15-16,26H,11,13-14H2,1-3H3,(H,27,29)/t16-/m0/s1. The molecule has 0 unspecified atom stereocenters. The quantitative estimate of drug-likeness (QED) is 0.640. The number of nitrogens with zero attached hydrogens (tertiary/aromatic N) is 1. The van der Waals surface area contributed by atoms with Crippen LogP contribution < -0.4 is 15.5 Å². The lowest BCUT2D eigenvalue weighted by atomic mass is 10.1. The van der Waals surface area contributed by atoms with E-state index in [-0.39, 0.29) is 18.5 Å². The van der Waals surface area contributed by atoms with Gasteiger partial charge in [-0.25, -0.2) is 13.7 Å². The fourth-order valence-electron chi connectivity index (χ4n) is 2.96. The molecule has 8 heteroatoms. The van der Waals surface area contributed by atoms with E-state index in [1.807, 2.05) is 13.8 Å². The second-order valence-corrected chi connectivity index (χ2v) is 7.67. The van der Waals surface area contributed by atoms with Gasteiger partial charge in [-0.15, -0.1) is 0 Å². The summed E-state index contributed by atoms with van der Waals surface area (Å²) >= 11 is 0. The molecular weight excluding hydrogens is 404 g/mol. The summed E-state index contributed by atoms with van der Waals surface area (Å²) in [5, 5.41) is 5.51. The predicted octanol–water partition coefficient (Wildman–Crippen LogP) is 2.82. The van der Waals surface area contributed by atoms with Gasteiger partial charge in [0.05, 0.1) is 18.7 Å². The summed E-state index contributed by atoms with van der Waals surface area (Å²) in [5.74, 6) is -2.90. The Bertz CT molecular complexity index is 899. The molecule has 0 bridgehead atoms. The highest BCUT2D eigenvalue weighted by Crippen LogP contribution is 2.15. The molecular formula is C23H27F2N3O3. The summed E-state index contributed by atoms with van der Waals surface area (Å²) < 4.78 is 26.7. The summed E-state index contributed by atoms with van der Waals surface area (Å²) in [6.45, 7) is 6.03. The zero-order chi connectivity index (χ0) is 23.0. The smallest absolute Gasteiger partial charge is 0.256 e. The number of para-hydroxylation sites is 1. The van der Waals surface area contributed by atoms with Crippen LogP contribution in [0, 0.1) is 17.6 Å². The number of carbonyl (C=O) groups is 3. The second-order valence-electron chi connectivity index (χ2n) is 7.67. The average molecular weight is 431 g/mol. The van der Waals surface area contributed by atoms with Crippen molar-refractivity contribution < 1.29 is 23.2 Å². The maximum Gasteiger partial charge on any atom is 0.256 e. The number of rotatable bonds is 9. The molecule has 2 N–H and O–H groups in total. The fraction of sp³-hybridized carbons (Fsp3) is 0.348. The number of hydrogen-bond acceptors (Lipinski definition) is 4. The van der Waals surface area contributed by atoms with Crippen LogP contribution in [0.4, 0.5) is 14.5 Å². The molecule has 2 aromatic carbocycles. The van der Waals surface area contributed by atoms with E-state index >= 15 is 0 Å². The lowest BCUT2D eigenvalue weighted by Crippen LogP contribution is -2.51. The molecule has 0 radical (unpaired) electrons. The van der Waals surface area contributed by atoms with Crippen LogP contribution in [0.15, 0.2) is 48.5 Å². The van der Waals surface area contributed by atoms with Gasteiger partial charge >= 0.3 is 0 Å². The van der Waals surface area contributed by atoms with E-state index in [9.17, 15) is 23.2 Å². The maximum absolute atomic E-state index is 13.3. The molecule has 0 saturated heterocycles. The van der Waals surface area contributed by atoms with Crippen molar-refractivity contribution in [3.8, 4) is 0 Å². The van der Waals surface area contributed by atoms with Gasteiger partial charge in [0.2, 0.25) is 11.8 Å². The maximum atomic E-state index is 13.3. The first-order valence-electron chi connectivity index (χ1n) is 10.0. The number of benzene rings is 2. The largest absolute Gasteiger partial charge is 0.344 e. The van der Waals surface area contributed by atoms with Crippen molar-refractivity contribution in [3.05, 3.63) is 65.7 Å². The minimum absolute atomic E-state index is 0.0396. The summed E-state index contributed by atoms with van der Waals surface area (Å²) in [6, 6.07) is 10.2. The number of anilines is 1. The van der Waals surface area contributed by atoms with Crippen LogP contribution in [0.3, 0.4) is 0 Å². The number of amides is 3. The molecule has 0 spiro atoms. The molecule has 0 aliphatic carbocycles. The molecule has 0 aliphatic heterocycles. The Morgan fingerprint density at radius 1 is 0.968 bits per heavy atom. The van der Waals surface area contributed by atoms with E-state index in [2.05, 4.69) is 10.6 Å². The van der Waals surface area contributed by atoms with Crippen LogP contribution in [0.1, 0.15) is 26.3 Å².